The topological polar surface area (TPSA) is 55.8 Å². The quantitative estimate of drug-likeness (QED) is 0.466. The molecule has 54 valence electrons. The van der Waals surface area contributed by atoms with E-state index in [4.69, 9.17) is 4.89 Å². The average Bonchev–Trinajstić information content (AvgIpc) is 1.80. The Morgan fingerprint density at radius 1 is 1.56 bits per heavy atom. The van der Waals surface area contributed by atoms with Crippen molar-refractivity contribution in [2.75, 3.05) is 20.3 Å². The lowest BCUT2D eigenvalue weighted by molar-refractivity contribution is 0.170. The van der Waals surface area contributed by atoms with Gasteiger partial charge in [-0.25, -0.2) is 0 Å². The van der Waals surface area contributed by atoms with Gasteiger partial charge in [0.05, 0.1) is 0 Å². The summed E-state index contributed by atoms with van der Waals surface area (Å²) in [6.45, 7) is 0.836. The Labute approximate surface area is 54.7 Å². The molecule has 0 aromatic heterocycles. The predicted octanol–water partition coefficient (Wildman–Crippen LogP) is 0.689. The Balaban J connectivity index is 2.83. The molecule has 0 fully saturated rings. The lowest BCUT2D eigenvalue weighted by atomic mass is 10.5. The highest BCUT2D eigenvalue weighted by Gasteiger charge is 2.09. The summed E-state index contributed by atoms with van der Waals surface area (Å²) in [5, 5.41) is 0. The fraction of sp³-hybridized carbons (Fsp3) is 1.00. The average molecular weight is 153 g/mol. The van der Waals surface area contributed by atoms with E-state index in [0.717, 1.165) is 0 Å². The van der Waals surface area contributed by atoms with E-state index in [2.05, 4.69) is 9.26 Å². The molecular formula is C4H10O4P+. The van der Waals surface area contributed by atoms with Crippen LogP contribution in [0.1, 0.15) is 6.42 Å². The molecule has 0 bridgehead atoms. The largest absolute Gasteiger partial charge is 0.694 e. The van der Waals surface area contributed by atoms with E-state index >= 15 is 0 Å². The first-order valence-corrected chi connectivity index (χ1v) is 3.68. The molecule has 0 heterocycles. The molecule has 1 unspecified atom stereocenters. The molecule has 5 heteroatoms. The number of hydrogen-bond acceptors (Lipinski definition) is 3. The maximum Gasteiger partial charge on any atom is 0.694 e. The Bertz CT molecular complexity index is 84.6. The normalized spacial score (nSPS) is 11.6. The molecule has 4 nitrogen and oxygen atoms in total. The van der Waals surface area contributed by atoms with Gasteiger partial charge in [0.2, 0.25) is 0 Å². The molecule has 1 atom stereocenters. The molecule has 0 aliphatic heterocycles. The first kappa shape index (κ1) is 8.98. The van der Waals surface area contributed by atoms with Crippen LogP contribution >= 0.6 is 8.25 Å². The van der Waals surface area contributed by atoms with Crippen molar-refractivity contribution in [2.45, 2.75) is 6.42 Å². The third-order valence-corrected chi connectivity index (χ3v) is 1.10. The molecule has 0 saturated heterocycles. The van der Waals surface area contributed by atoms with E-state index in [-0.39, 0.29) is 6.61 Å². The fourth-order valence-corrected chi connectivity index (χ4v) is 0.631. The van der Waals surface area contributed by atoms with Crippen LogP contribution in [-0.2, 0) is 13.8 Å². The van der Waals surface area contributed by atoms with Crippen molar-refractivity contribution >= 4 is 8.25 Å². The van der Waals surface area contributed by atoms with Gasteiger partial charge in [0, 0.05) is 18.3 Å². The van der Waals surface area contributed by atoms with E-state index in [1.807, 2.05) is 0 Å². The monoisotopic (exact) mass is 153 g/mol. The lowest BCUT2D eigenvalue weighted by Crippen LogP contribution is -1.93. The molecule has 0 aromatic carbocycles. The van der Waals surface area contributed by atoms with Gasteiger partial charge in [-0.05, 0) is 6.42 Å². The molecule has 0 spiro atoms. The molecule has 0 aliphatic rings. The van der Waals surface area contributed by atoms with E-state index in [1.165, 1.54) is 0 Å². The minimum Gasteiger partial charge on any atom is -0.385 e. The maximum atomic E-state index is 9.85. The van der Waals surface area contributed by atoms with Crippen LogP contribution in [0, 0.1) is 0 Å². The van der Waals surface area contributed by atoms with E-state index < -0.39 is 8.25 Å². The summed E-state index contributed by atoms with van der Waals surface area (Å²) in [6.07, 6.45) is 0.651. The summed E-state index contributed by atoms with van der Waals surface area (Å²) < 4.78 is 18.8. The second kappa shape index (κ2) is 6.11. The van der Waals surface area contributed by atoms with Crippen LogP contribution in [0.4, 0.5) is 0 Å². The molecule has 1 N–H and O–H groups in total. The Morgan fingerprint density at radius 2 is 2.22 bits per heavy atom. The highest BCUT2D eigenvalue weighted by Crippen LogP contribution is 2.13. The third-order valence-electron chi connectivity index (χ3n) is 0.695. The maximum absolute atomic E-state index is 9.85. The number of methoxy groups -OCH3 is 1. The van der Waals surface area contributed by atoms with Gasteiger partial charge in [-0.3, -0.25) is 0 Å². The Hall–Kier alpha value is -0.0200. The van der Waals surface area contributed by atoms with Gasteiger partial charge < -0.3 is 4.74 Å². The van der Waals surface area contributed by atoms with Crippen LogP contribution in [-0.4, -0.2) is 25.2 Å². The van der Waals surface area contributed by atoms with Crippen LogP contribution < -0.4 is 0 Å². The minimum absolute atomic E-state index is 0.277. The Kier molecular flexibility index (Phi) is 6.09. The molecule has 0 rings (SSSR count). The molecule has 0 radical (unpaired) electrons. The van der Waals surface area contributed by atoms with E-state index in [1.54, 1.807) is 7.11 Å². The van der Waals surface area contributed by atoms with Crippen molar-refractivity contribution in [3.63, 3.8) is 0 Å². The first-order valence-electron chi connectivity index (χ1n) is 2.55. The molecule has 0 saturated carbocycles. The lowest BCUT2D eigenvalue weighted by Gasteiger charge is -1.90. The molecule has 0 aliphatic carbocycles. The van der Waals surface area contributed by atoms with Crippen molar-refractivity contribution in [3.05, 3.63) is 0 Å². The minimum atomic E-state index is -2.42. The van der Waals surface area contributed by atoms with Crippen molar-refractivity contribution < 1.29 is 18.7 Å². The van der Waals surface area contributed by atoms with Crippen LogP contribution in [0.5, 0.6) is 0 Å². The summed E-state index contributed by atoms with van der Waals surface area (Å²) in [6, 6.07) is 0. The fourth-order valence-electron chi connectivity index (χ4n) is 0.346. The molecule has 0 aromatic rings. The van der Waals surface area contributed by atoms with E-state index in [9.17, 15) is 4.57 Å². The molecular weight excluding hydrogens is 143 g/mol. The number of ether oxygens (including phenoxy) is 1. The zero-order chi connectivity index (χ0) is 7.11. The second-order valence-electron chi connectivity index (χ2n) is 1.42. The van der Waals surface area contributed by atoms with Gasteiger partial charge in [0.25, 0.3) is 0 Å². The standard InChI is InChI=1S/C4H9O4P/c1-7-3-2-4-8-9(5)6/h2-4H2,1H3/p+1. The van der Waals surface area contributed by atoms with Gasteiger partial charge in [-0.15, -0.1) is 9.42 Å². The summed E-state index contributed by atoms with van der Waals surface area (Å²) in [5.41, 5.74) is 0. The highest BCUT2D eigenvalue weighted by atomic mass is 31.1. The van der Waals surface area contributed by atoms with Crippen LogP contribution in [0.25, 0.3) is 0 Å². The first-order chi connectivity index (χ1) is 4.27. The zero-order valence-electron chi connectivity index (χ0n) is 5.24. The molecule has 0 amide bonds. The third kappa shape index (κ3) is 7.98. The van der Waals surface area contributed by atoms with Crippen molar-refractivity contribution in [1.82, 2.24) is 0 Å². The van der Waals surface area contributed by atoms with Crippen LogP contribution in [0.2, 0.25) is 0 Å². The van der Waals surface area contributed by atoms with Gasteiger partial charge in [-0.1, -0.05) is 0 Å². The SMILES string of the molecule is COCCCO[P+](=O)O. The van der Waals surface area contributed by atoms with Gasteiger partial charge in [0.15, 0.2) is 0 Å². The highest BCUT2D eigenvalue weighted by molar-refractivity contribution is 7.32. The van der Waals surface area contributed by atoms with Crippen LogP contribution in [0.15, 0.2) is 0 Å². The van der Waals surface area contributed by atoms with Gasteiger partial charge >= 0.3 is 8.25 Å². The van der Waals surface area contributed by atoms with Crippen LogP contribution in [0.3, 0.4) is 0 Å². The van der Waals surface area contributed by atoms with E-state index in [0.29, 0.717) is 13.0 Å². The summed E-state index contributed by atoms with van der Waals surface area (Å²) in [4.78, 5) is 8.10. The summed E-state index contributed by atoms with van der Waals surface area (Å²) in [7, 11) is -0.854. The van der Waals surface area contributed by atoms with Gasteiger partial charge in [0.1, 0.15) is 6.61 Å². The number of rotatable bonds is 5. The summed E-state index contributed by atoms with van der Waals surface area (Å²) in [5.74, 6) is 0. The Morgan fingerprint density at radius 3 is 2.67 bits per heavy atom. The smallest absolute Gasteiger partial charge is 0.385 e. The van der Waals surface area contributed by atoms with Gasteiger partial charge in [-0.2, -0.15) is 0 Å². The van der Waals surface area contributed by atoms with Crippen molar-refractivity contribution in [2.24, 2.45) is 0 Å². The van der Waals surface area contributed by atoms with Crippen molar-refractivity contribution in [3.8, 4) is 0 Å². The number of hydrogen-bond donors (Lipinski definition) is 1. The second-order valence-corrected chi connectivity index (χ2v) is 2.15. The molecule has 9 heavy (non-hydrogen) atoms. The summed E-state index contributed by atoms with van der Waals surface area (Å²) >= 11 is 0. The predicted molar refractivity (Wildman–Crippen MR) is 32.3 cm³/mol. The van der Waals surface area contributed by atoms with Crippen molar-refractivity contribution in [1.29, 1.82) is 0 Å². The zero-order valence-corrected chi connectivity index (χ0v) is 6.13.